The van der Waals surface area contributed by atoms with Crippen molar-refractivity contribution in [1.29, 1.82) is 0 Å². The lowest BCUT2D eigenvalue weighted by molar-refractivity contribution is -0.137. The van der Waals surface area contributed by atoms with Crippen LogP contribution in [0.4, 0.5) is 0 Å². The summed E-state index contributed by atoms with van der Waals surface area (Å²) in [6.45, 7) is 2.59. The Morgan fingerprint density at radius 1 is 1.45 bits per heavy atom. The van der Waals surface area contributed by atoms with Gasteiger partial charge in [0.1, 0.15) is 6.54 Å². The predicted molar refractivity (Wildman–Crippen MR) is 68.0 cm³/mol. The number of carboxylic acids is 1. The van der Waals surface area contributed by atoms with Gasteiger partial charge < -0.3 is 15.1 Å². The third-order valence-corrected chi connectivity index (χ3v) is 3.56. The number of aliphatic carboxylic acids is 1. The van der Waals surface area contributed by atoms with Gasteiger partial charge in [0.05, 0.1) is 12.3 Å². The van der Waals surface area contributed by atoms with Crippen LogP contribution in [0.15, 0.2) is 6.20 Å². The van der Waals surface area contributed by atoms with Crippen LogP contribution in [0.3, 0.4) is 0 Å². The Balaban J connectivity index is 1.95. The SMILES string of the molecule is CC(O)C1CCN(C(=O)c2cn(CC(=O)O)nn2)CC1. The topological polar surface area (TPSA) is 109 Å². The lowest BCUT2D eigenvalue weighted by atomic mass is 9.92. The van der Waals surface area contributed by atoms with E-state index >= 15 is 0 Å². The molecule has 1 aromatic heterocycles. The molecule has 1 unspecified atom stereocenters. The second-order valence-corrected chi connectivity index (χ2v) is 5.07. The number of carboxylic acid groups (broad SMARTS) is 1. The Labute approximate surface area is 116 Å². The number of amides is 1. The van der Waals surface area contributed by atoms with Crippen LogP contribution in [0, 0.1) is 5.92 Å². The number of rotatable bonds is 4. The van der Waals surface area contributed by atoms with E-state index in [4.69, 9.17) is 5.11 Å². The quantitative estimate of drug-likeness (QED) is 0.777. The summed E-state index contributed by atoms with van der Waals surface area (Å²) in [5.41, 5.74) is 0.154. The number of carbonyl (C=O) groups is 2. The maximum absolute atomic E-state index is 12.2. The number of aliphatic hydroxyl groups excluding tert-OH is 1. The number of aromatic nitrogens is 3. The number of hydrogen-bond acceptors (Lipinski definition) is 5. The molecule has 0 radical (unpaired) electrons. The van der Waals surface area contributed by atoms with E-state index in [1.54, 1.807) is 11.8 Å². The molecular formula is C12H18N4O4. The first-order valence-electron chi connectivity index (χ1n) is 6.56. The van der Waals surface area contributed by atoms with Crippen molar-refractivity contribution < 1.29 is 19.8 Å². The van der Waals surface area contributed by atoms with Gasteiger partial charge in [0.15, 0.2) is 5.69 Å². The molecule has 20 heavy (non-hydrogen) atoms. The standard InChI is InChI=1S/C12H18N4O4/c1-8(17)9-2-4-15(5-3-9)12(20)10-6-16(14-13-10)7-11(18)19/h6,8-9,17H,2-5,7H2,1H3,(H,18,19). The summed E-state index contributed by atoms with van der Waals surface area (Å²) in [5.74, 6) is -1.06. The van der Waals surface area contributed by atoms with Gasteiger partial charge in [-0.1, -0.05) is 5.21 Å². The molecular weight excluding hydrogens is 264 g/mol. The average molecular weight is 282 g/mol. The Morgan fingerprint density at radius 3 is 2.65 bits per heavy atom. The monoisotopic (exact) mass is 282 g/mol. The molecule has 0 saturated carbocycles. The molecule has 1 aliphatic heterocycles. The van der Waals surface area contributed by atoms with Crippen molar-refractivity contribution in [3.05, 3.63) is 11.9 Å². The van der Waals surface area contributed by atoms with E-state index in [1.807, 2.05) is 0 Å². The fourth-order valence-corrected chi connectivity index (χ4v) is 2.36. The van der Waals surface area contributed by atoms with Crippen molar-refractivity contribution in [3.8, 4) is 0 Å². The molecule has 0 aliphatic carbocycles. The van der Waals surface area contributed by atoms with Crippen molar-refractivity contribution in [2.45, 2.75) is 32.4 Å². The van der Waals surface area contributed by atoms with Gasteiger partial charge in [-0.2, -0.15) is 0 Å². The Kier molecular flexibility index (Phi) is 4.33. The van der Waals surface area contributed by atoms with Crippen molar-refractivity contribution in [3.63, 3.8) is 0 Å². The maximum atomic E-state index is 12.2. The summed E-state index contributed by atoms with van der Waals surface area (Å²) < 4.78 is 1.12. The molecule has 1 saturated heterocycles. The molecule has 2 heterocycles. The summed E-state index contributed by atoms with van der Waals surface area (Å²) in [6, 6.07) is 0. The summed E-state index contributed by atoms with van der Waals surface area (Å²) in [4.78, 5) is 24.4. The van der Waals surface area contributed by atoms with Gasteiger partial charge in [0.25, 0.3) is 5.91 Å². The van der Waals surface area contributed by atoms with E-state index in [1.165, 1.54) is 6.20 Å². The van der Waals surface area contributed by atoms with Crippen LogP contribution in [-0.2, 0) is 11.3 Å². The third kappa shape index (κ3) is 3.32. The Morgan fingerprint density at radius 2 is 2.10 bits per heavy atom. The second-order valence-electron chi connectivity index (χ2n) is 5.07. The first-order valence-corrected chi connectivity index (χ1v) is 6.56. The van der Waals surface area contributed by atoms with Gasteiger partial charge in [-0.05, 0) is 25.7 Å². The highest BCUT2D eigenvalue weighted by atomic mass is 16.4. The average Bonchev–Trinajstić information content (AvgIpc) is 2.85. The zero-order valence-corrected chi connectivity index (χ0v) is 11.3. The van der Waals surface area contributed by atoms with Crippen LogP contribution >= 0.6 is 0 Å². The zero-order valence-electron chi connectivity index (χ0n) is 11.3. The molecule has 1 amide bonds. The second kappa shape index (κ2) is 6.00. The molecule has 8 nitrogen and oxygen atoms in total. The summed E-state index contributed by atoms with van der Waals surface area (Å²) >= 11 is 0. The Bertz CT molecular complexity index is 491. The van der Waals surface area contributed by atoms with Crippen LogP contribution in [-0.4, -0.2) is 61.2 Å². The smallest absolute Gasteiger partial charge is 0.325 e. The normalized spacial score (nSPS) is 18.0. The highest BCUT2D eigenvalue weighted by Gasteiger charge is 2.27. The lowest BCUT2D eigenvalue weighted by Crippen LogP contribution is -2.40. The van der Waals surface area contributed by atoms with Gasteiger partial charge >= 0.3 is 5.97 Å². The van der Waals surface area contributed by atoms with Crippen molar-refractivity contribution in [2.75, 3.05) is 13.1 Å². The third-order valence-electron chi connectivity index (χ3n) is 3.56. The number of likely N-dealkylation sites (tertiary alicyclic amines) is 1. The van der Waals surface area contributed by atoms with E-state index < -0.39 is 5.97 Å². The van der Waals surface area contributed by atoms with Gasteiger partial charge in [-0.3, -0.25) is 9.59 Å². The fraction of sp³-hybridized carbons (Fsp3) is 0.667. The molecule has 0 bridgehead atoms. The summed E-state index contributed by atoms with van der Waals surface area (Å²) in [5, 5.41) is 25.5. The van der Waals surface area contributed by atoms with Crippen LogP contribution in [0.5, 0.6) is 0 Å². The molecule has 8 heteroatoms. The van der Waals surface area contributed by atoms with Gasteiger partial charge in [-0.15, -0.1) is 5.10 Å². The van der Waals surface area contributed by atoms with Gasteiger partial charge in [-0.25, -0.2) is 4.68 Å². The molecule has 1 aliphatic rings. The first-order chi connectivity index (χ1) is 9.47. The molecule has 1 aromatic rings. The van der Waals surface area contributed by atoms with E-state index in [0.29, 0.717) is 13.1 Å². The minimum Gasteiger partial charge on any atom is -0.480 e. The molecule has 2 rings (SSSR count). The first kappa shape index (κ1) is 14.4. The molecule has 0 spiro atoms. The van der Waals surface area contributed by atoms with Crippen LogP contribution in [0.2, 0.25) is 0 Å². The van der Waals surface area contributed by atoms with Crippen LogP contribution in [0.1, 0.15) is 30.3 Å². The molecule has 0 aromatic carbocycles. The largest absolute Gasteiger partial charge is 0.480 e. The lowest BCUT2D eigenvalue weighted by Gasteiger charge is -2.32. The maximum Gasteiger partial charge on any atom is 0.325 e. The number of aliphatic hydroxyl groups is 1. The van der Waals surface area contributed by atoms with E-state index in [-0.39, 0.29) is 30.2 Å². The number of hydrogen-bond donors (Lipinski definition) is 2. The summed E-state index contributed by atoms with van der Waals surface area (Å²) in [7, 11) is 0. The summed E-state index contributed by atoms with van der Waals surface area (Å²) in [6.07, 6.45) is 2.50. The number of piperidine rings is 1. The van der Waals surface area contributed by atoms with Crippen LogP contribution in [0.25, 0.3) is 0 Å². The molecule has 1 atom stereocenters. The number of carbonyl (C=O) groups excluding carboxylic acids is 1. The fourth-order valence-electron chi connectivity index (χ4n) is 2.36. The minimum atomic E-state index is -1.04. The minimum absolute atomic E-state index is 0.154. The van der Waals surface area contributed by atoms with Crippen molar-refractivity contribution >= 4 is 11.9 Å². The molecule has 2 N–H and O–H groups in total. The Hall–Kier alpha value is -1.96. The van der Waals surface area contributed by atoms with Gasteiger partial charge in [0, 0.05) is 13.1 Å². The predicted octanol–water partition coefficient (Wildman–Crippen LogP) is -0.404. The van der Waals surface area contributed by atoms with Crippen molar-refractivity contribution in [1.82, 2.24) is 19.9 Å². The highest BCUT2D eigenvalue weighted by molar-refractivity contribution is 5.92. The van der Waals surface area contributed by atoms with Crippen molar-refractivity contribution in [2.24, 2.45) is 5.92 Å². The molecule has 110 valence electrons. The number of nitrogens with zero attached hydrogens (tertiary/aromatic N) is 4. The van der Waals surface area contributed by atoms with E-state index in [0.717, 1.165) is 17.5 Å². The highest BCUT2D eigenvalue weighted by Crippen LogP contribution is 2.21. The zero-order chi connectivity index (χ0) is 14.7. The van der Waals surface area contributed by atoms with Gasteiger partial charge in [0.2, 0.25) is 0 Å². The van der Waals surface area contributed by atoms with Crippen LogP contribution < -0.4 is 0 Å². The van der Waals surface area contributed by atoms with E-state index in [2.05, 4.69) is 10.3 Å². The molecule has 1 fully saturated rings. The van der Waals surface area contributed by atoms with E-state index in [9.17, 15) is 14.7 Å².